The third-order valence-electron chi connectivity index (χ3n) is 3.86. The van der Waals surface area contributed by atoms with Crippen molar-refractivity contribution < 1.29 is 14.6 Å². The highest BCUT2D eigenvalue weighted by atomic mass is 16.6. The monoisotopic (exact) mass is 409 g/mol. The van der Waals surface area contributed by atoms with Crippen molar-refractivity contribution in [2.75, 3.05) is 0 Å². The van der Waals surface area contributed by atoms with Gasteiger partial charge >= 0.3 is 5.69 Å². The van der Waals surface area contributed by atoms with Crippen LogP contribution in [-0.4, -0.2) is 22.0 Å². The van der Waals surface area contributed by atoms with Crippen molar-refractivity contribution in [2.24, 2.45) is 4.99 Å². The standard InChI is InChI=1S/C20H19N5O5/c1-2-15(14-22-23-20(26)16-8-4-3-5-9-16)7-6-12-21-18-11-10-17(24(27)28)13-19(18)25(29)30/h3-14,22H,2H2,1H3,(H,23,26)/b7-6-,15-14+,21-12?. The van der Waals surface area contributed by atoms with Crippen LogP contribution in [0.25, 0.3) is 0 Å². The van der Waals surface area contributed by atoms with Gasteiger partial charge < -0.3 is 5.43 Å². The van der Waals surface area contributed by atoms with Crippen molar-refractivity contribution in [1.82, 2.24) is 10.9 Å². The summed E-state index contributed by atoms with van der Waals surface area (Å²) in [4.78, 5) is 36.4. The molecule has 10 nitrogen and oxygen atoms in total. The van der Waals surface area contributed by atoms with Gasteiger partial charge in [0.15, 0.2) is 0 Å². The van der Waals surface area contributed by atoms with Crippen LogP contribution in [0.3, 0.4) is 0 Å². The number of rotatable bonds is 9. The molecule has 0 aliphatic rings. The molecule has 0 bridgehead atoms. The molecule has 1 amide bonds. The first kappa shape index (κ1) is 22.0. The van der Waals surface area contributed by atoms with Gasteiger partial charge in [0.1, 0.15) is 5.69 Å². The molecule has 2 aromatic carbocycles. The van der Waals surface area contributed by atoms with Gasteiger partial charge in [0.2, 0.25) is 0 Å². The number of non-ortho nitro benzene ring substituents is 1. The number of nitro groups is 2. The Hall–Kier alpha value is -4.34. The zero-order valence-corrected chi connectivity index (χ0v) is 16.0. The molecule has 0 saturated carbocycles. The Labute approximate surface area is 171 Å². The lowest BCUT2D eigenvalue weighted by Gasteiger charge is -2.05. The molecular formula is C20H19N5O5. The Balaban J connectivity index is 2.01. The average molecular weight is 409 g/mol. The van der Waals surface area contributed by atoms with Crippen molar-refractivity contribution >= 4 is 29.2 Å². The van der Waals surface area contributed by atoms with Crippen molar-refractivity contribution in [3.63, 3.8) is 0 Å². The first-order valence-corrected chi connectivity index (χ1v) is 8.86. The van der Waals surface area contributed by atoms with Gasteiger partial charge in [-0.1, -0.05) is 31.2 Å². The van der Waals surface area contributed by atoms with Crippen LogP contribution in [0.4, 0.5) is 17.1 Å². The average Bonchev–Trinajstić information content (AvgIpc) is 2.75. The maximum absolute atomic E-state index is 11.9. The number of benzene rings is 2. The third kappa shape index (κ3) is 6.37. The van der Waals surface area contributed by atoms with Gasteiger partial charge in [-0.2, -0.15) is 0 Å². The van der Waals surface area contributed by atoms with Crippen LogP contribution in [0.5, 0.6) is 0 Å². The maximum Gasteiger partial charge on any atom is 0.301 e. The van der Waals surface area contributed by atoms with E-state index < -0.39 is 15.5 Å². The van der Waals surface area contributed by atoms with E-state index in [0.717, 1.165) is 17.7 Å². The fraction of sp³-hybridized carbons (Fsp3) is 0.100. The van der Waals surface area contributed by atoms with Crippen LogP contribution in [0, 0.1) is 20.2 Å². The highest BCUT2D eigenvalue weighted by Crippen LogP contribution is 2.30. The second-order valence-corrected chi connectivity index (χ2v) is 5.86. The van der Waals surface area contributed by atoms with E-state index in [4.69, 9.17) is 0 Å². The van der Waals surface area contributed by atoms with Crippen LogP contribution < -0.4 is 10.9 Å². The number of hydrogen-bond donors (Lipinski definition) is 2. The smallest absolute Gasteiger partial charge is 0.301 e. The number of allylic oxidation sites excluding steroid dienone is 3. The van der Waals surface area contributed by atoms with E-state index in [0.29, 0.717) is 12.0 Å². The zero-order chi connectivity index (χ0) is 21.9. The highest BCUT2D eigenvalue weighted by molar-refractivity contribution is 5.93. The second kappa shape index (κ2) is 10.9. The Bertz CT molecular complexity index is 1020. The summed E-state index contributed by atoms with van der Waals surface area (Å²) in [6.07, 6.45) is 6.89. The van der Waals surface area contributed by atoms with E-state index in [2.05, 4.69) is 15.8 Å². The molecule has 0 heterocycles. The molecule has 30 heavy (non-hydrogen) atoms. The number of carbonyl (C=O) groups excluding carboxylic acids is 1. The first-order chi connectivity index (χ1) is 14.4. The fourth-order valence-corrected chi connectivity index (χ4v) is 2.29. The normalized spacial score (nSPS) is 11.6. The number of amides is 1. The molecule has 0 aliphatic heterocycles. The van der Waals surface area contributed by atoms with Crippen LogP contribution in [0.2, 0.25) is 0 Å². The molecule has 0 aromatic heterocycles. The molecular weight excluding hydrogens is 390 g/mol. The largest absolute Gasteiger partial charge is 0.305 e. The van der Waals surface area contributed by atoms with E-state index in [-0.39, 0.29) is 17.3 Å². The summed E-state index contributed by atoms with van der Waals surface area (Å²) in [5.74, 6) is -0.279. The number of aliphatic imine (C=N–C) groups is 1. The zero-order valence-electron chi connectivity index (χ0n) is 16.0. The summed E-state index contributed by atoms with van der Waals surface area (Å²) in [7, 11) is 0. The molecule has 0 fully saturated rings. The van der Waals surface area contributed by atoms with Crippen molar-refractivity contribution in [3.05, 3.63) is 98.2 Å². The molecule has 2 N–H and O–H groups in total. The van der Waals surface area contributed by atoms with Crippen LogP contribution in [0.1, 0.15) is 23.7 Å². The van der Waals surface area contributed by atoms with Crippen molar-refractivity contribution in [1.29, 1.82) is 0 Å². The van der Waals surface area contributed by atoms with Gasteiger partial charge in [-0.05, 0) is 36.3 Å². The summed E-state index contributed by atoms with van der Waals surface area (Å²) in [5.41, 5.74) is 5.79. The summed E-state index contributed by atoms with van der Waals surface area (Å²) < 4.78 is 0. The maximum atomic E-state index is 11.9. The Kier molecular flexibility index (Phi) is 7.94. The number of hydrazine groups is 1. The minimum absolute atomic E-state index is 0.00512. The molecule has 0 spiro atoms. The van der Waals surface area contributed by atoms with Gasteiger partial charge in [0, 0.05) is 24.0 Å². The van der Waals surface area contributed by atoms with Gasteiger partial charge in [0.05, 0.1) is 15.9 Å². The SMILES string of the molecule is CCC(/C=C\C=Nc1ccc([N+](=O)[O-])cc1[N+](=O)[O-])=C\NNC(=O)c1ccccc1. The van der Waals surface area contributed by atoms with Gasteiger partial charge in [0.25, 0.3) is 11.6 Å². The lowest BCUT2D eigenvalue weighted by molar-refractivity contribution is -0.393. The summed E-state index contributed by atoms with van der Waals surface area (Å²) >= 11 is 0. The van der Waals surface area contributed by atoms with E-state index in [9.17, 15) is 25.0 Å². The van der Waals surface area contributed by atoms with E-state index >= 15 is 0 Å². The number of nitrogens with one attached hydrogen (secondary N) is 2. The molecule has 10 heteroatoms. The van der Waals surface area contributed by atoms with E-state index in [1.165, 1.54) is 12.3 Å². The Morgan fingerprint density at radius 2 is 1.83 bits per heavy atom. The number of carbonyl (C=O) groups is 1. The van der Waals surface area contributed by atoms with Crippen LogP contribution in [-0.2, 0) is 0 Å². The van der Waals surface area contributed by atoms with Gasteiger partial charge in [-0.15, -0.1) is 0 Å². The van der Waals surface area contributed by atoms with E-state index in [1.807, 2.05) is 13.0 Å². The minimum Gasteiger partial charge on any atom is -0.305 e. The highest BCUT2D eigenvalue weighted by Gasteiger charge is 2.18. The molecule has 0 saturated heterocycles. The summed E-state index contributed by atoms with van der Waals surface area (Å²) in [6, 6.07) is 12.0. The second-order valence-electron chi connectivity index (χ2n) is 5.86. The predicted octanol–water partition coefficient (Wildman–Crippen LogP) is 3.99. The number of nitrogens with zero attached hydrogens (tertiary/aromatic N) is 3. The fourth-order valence-electron chi connectivity index (χ4n) is 2.29. The minimum atomic E-state index is -0.722. The topological polar surface area (TPSA) is 140 Å². The lowest BCUT2D eigenvalue weighted by atomic mass is 10.2. The molecule has 2 aromatic rings. The third-order valence-corrected chi connectivity index (χ3v) is 3.86. The van der Waals surface area contributed by atoms with E-state index in [1.54, 1.807) is 42.6 Å². The molecule has 0 radical (unpaired) electrons. The van der Waals surface area contributed by atoms with Crippen LogP contribution >= 0.6 is 0 Å². The van der Waals surface area contributed by atoms with Gasteiger partial charge in [-0.25, -0.2) is 4.99 Å². The first-order valence-electron chi connectivity index (χ1n) is 8.86. The Morgan fingerprint density at radius 1 is 1.10 bits per heavy atom. The summed E-state index contributed by atoms with van der Waals surface area (Å²) in [6.45, 7) is 1.91. The molecule has 0 atom stereocenters. The van der Waals surface area contributed by atoms with Gasteiger partial charge in [-0.3, -0.25) is 30.4 Å². The van der Waals surface area contributed by atoms with Crippen molar-refractivity contribution in [2.45, 2.75) is 13.3 Å². The molecule has 2 rings (SSSR count). The number of hydrogen-bond acceptors (Lipinski definition) is 7. The van der Waals surface area contributed by atoms with Crippen LogP contribution in [0.15, 0.2) is 77.4 Å². The van der Waals surface area contributed by atoms with Crippen molar-refractivity contribution in [3.8, 4) is 0 Å². The quantitative estimate of drug-likeness (QED) is 0.278. The summed E-state index contributed by atoms with van der Waals surface area (Å²) in [5, 5.41) is 21.9. The molecule has 0 aliphatic carbocycles. The molecule has 154 valence electrons. The predicted molar refractivity (Wildman–Crippen MR) is 112 cm³/mol. The Morgan fingerprint density at radius 3 is 2.47 bits per heavy atom. The molecule has 0 unspecified atom stereocenters. The number of nitro benzene ring substituents is 2. The lowest BCUT2D eigenvalue weighted by Crippen LogP contribution is -2.33.